The zero-order valence-corrected chi connectivity index (χ0v) is 9.95. The van der Waals surface area contributed by atoms with Crippen LogP contribution in [0.15, 0.2) is 42.7 Å². The third-order valence-corrected chi connectivity index (χ3v) is 3.37. The number of nitrogens with zero attached hydrogens (tertiary/aromatic N) is 2. The maximum absolute atomic E-state index is 9.24. The summed E-state index contributed by atoms with van der Waals surface area (Å²) in [4.78, 5) is 8.71. The van der Waals surface area contributed by atoms with Crippen molar-refractivity contribution < 1.29 is 5.11 Å². The molecule has 18 heavy (non-hydrogen) atoms. The summed E-state index contributed by atoms with van der Waals surface area (Å²) in [6, 6.07) is 10.4. The van der Waals surface area contributed by atoms with E-state index in [-0.39, 0.29) is 18.6 Å². The summed E-state index contributed by atoms with van der Waals surface area (Å²) in [5, 5.41) is 12.6. The van der Waals surface area contributed by atoms with Gasteiger partial charge in [0.1, 0.15) is 5.82 Å². The third kappa shape index (κ3) is 1.84. The van der Waals surface area contributed by atoms with Gasteiger partial charge in [0.2, 0.25) is 0 Å². The third-order valence-electron chi connectivity index (χ3n) is 3.37. The second kappa shape index (κ2) is 4.74. The highest BCUT2D eigenvalue weighted by molar-refractivity contribution is 5.52. The van der Waals surface area contributed by atoms with E-state index in [1.807, 2.05) is 18.2 Å². The van der Waals surface area contributed by atoms with Gasteiger partial charge < -0.3 is 10.4 Å². The molecular weight excluding hydrogens is 226 g/mol. The van der Waals surface area contributed by atoms with Crippen LogP contribution in [-0.4, -0.2) is 21.7 Å². The fourth-order valence-electron chi connectivity index (χ4n) is 2.56. The number of rotatable bonds is 3. The van der Waals surface area contributed by atoms with E-state index in [9.17, 15) is 5.11 Å². The van der Waals surface area contributed by atoms with E-state index in [1.165, 1.54) is 5.56 Å². The monoisotopic (exact) mass is 241 g/mol. The van der Waals surface area contributed by atoms with Gasteiger partial charge in [-0.25, -0.2) is 4.98 Å². The highest BCUT2D eigenvalue weighted by Crippen LogP contribution is 2.43. The molecule has 1 aromatic carbocycles. The maximum Gasteiger partial charge on any atom is 0.148 e. The second-order valence-electron chi connectivity index (χ2n) is 4.44. The molecule has 92 valence electrons. The van der Waals surface area contributed by atoms with Crippen molar-refractivity contribution >= 4 is 5.82 Å². The molecule has 0 aliphatic carbocycles. The summed E-state index contributed by atoms with van der Waals surface area (Å²) in [6.45, 7) is 0.158. The molecule has 1 aliphatic rings. The van der Waals surface area contributed by atoms with Gasteiger partial charge in [-0.15, -0.1) is 0 Å². The summed E-state index contributed by atoms with van der Waals surface area (Å²) < 4.78 is 0. The van der Waals surface area contributed by atoms with E-state index >= 15 is 0 Å². The van der Waals surface area contributed by atoms with Crippen molar-refractivity contribution in [3.8, 4) is 0 Å². The molecule has 4 heteroatoms. The van der Waals surface area contributed by atoms with Crippen molar-refractivity contribution in [1.82, 2.24) is 9.97 Å². The van der Waals surface area contributed by atoms with Crippen LogP contribution in [0.3, 0.4) is 0 Å². The molecule has 4 nitrogen and oxygen atoms in total. The number of benzene rings is 1. The lowest BCUT2D eigenvalue weighted by Crippen LogP contribution is -2.13. The summed E-state index contributed by atoms with van der Waals surface area (Å²) in [7, 11) is 0. The predicted molar refractivity (Wildman–Crippen MR) is 69.3 cm³/mol. The molecule has 2 atom stereocenters. The van der Waals surface area contributed by atoms with Gasteiger partial charge in [-0.2, -0.15) is 0 Å². The Morgan fingerprint density at radius 3 is 2.67 bits per heavy atom. The van der Waals surface area contributed by atoms with Crippen molar-refractivity contribution in [2.75, 3.05) is 11.9 Å². The van der Waals surface area contributed by atoms with Crippen LogP contribution in [0.2, 0.25) is 0 Å². The quantitative estimate of drug-likeness (QED) is 0.864. The number of hydrogen-bond donors (Lipinski definition) is 2. The van der Waals surface area contributed by atoms with Gasteiger partial charge >= 0.3 is 0 Å². The van der Waals surface area contributed by atoms with Crippen LogP contribution in [0, 0.1) is 0 Å². The van der Waals surface area contributed by atoms with E-state index in [2.05, 4.69) is 27.4 Å². The van der Waals surface area contributed by atoms with Gasteiger partial charge in [-0.1, -0.05) is 30.3 Å². The minimum absolute atomic E-state index is 0.149. The summed E-state index contributed by atoms with van der Waals surface area (Å²) in [5.41, 5.74) is 2.16. The highest BCUT2D eigenvalue weighted by Gasteiger charge is 2.34. The molecule has 1 aliphatic heterocycles. The lowest BCUT2D eigenvalue weighted by atomic mass is 9.91. The first kappa shape index (κ1) is 11.2. The van der Waals surface area contributed by atoms with E-state index in [4.69, 9.17) is 0 Å². The molecule has 0 spiro atoms. The van der Waals surface area contributed by atoms with Crippen LogP contribution in [0.25, 0.3) is 0 Å². The van der Waals surface area contributed by atoms with Crippen LogP contribution >= 0.6 is 0 Å². The maximum atomic E-state index is 9.24. The standard InChI is InChI=1S/C14H15N3O/c18-9-6-11-12(10-4-2-1-3-5-10)17-14-13(11)15-7-8-16-14/h1-5,7-8,11-12,18H,6,9H2,(H,16,17). The molecule has 0 radical (unpaired) electrons. The number of nitrogens with one attached hydrogen (secondary N) is 1. The van der Waals surface area contributed by atoms with Crippen molar-refractivity contribution in [3.05, 3.63) is 54.0 Å². The van der Waals surface area contributed by atoms with Gasteiger partial charge in [0.25, 0.3) is 0 Å². The first-order valence-corrected chi connectivity index (χ1v) is 6.13. The minimum Gasteiger partial charge on any atom is -0.396 e. The Morgan fingerprint density at radius 2 is 1.89 bits per heavy atom. The van der Waals surface area contributed by atoms with Gasteiger partial charge in [-0.3, -0.25) is 4.98 Å². The normalized spacial score (nSPS) is 21.4. The molecule has 0 amide bonds. The molecule has 0 saturated carbocycles. The van der Waals surface area contributed by atoms with Crippen LogP contribution in [0.5, 0.6) is 0 Å². The summed E-state index contributed by atoms with van der Waals surface area (Å²) in [6.07, 6.45) is 4.09. The SMILES string of the molecule is OCCC1c2nccnc2NC1c1ccccc1. The van der Waals surface area contributed by atoms with E-state index in [0.717, 1.165) is 11.5 Å². The smallest absolute Gasteiger partial charge is 0.148 e. The number of aromatic nitrogens is 2. The summed E-state index contributed by atoms with van der Waals surface area (Å²) >= 11 is 0. The zero-order valence-electron chi connectivity index (χ0n) is 9.95. The summed E-state index contributed by atoms with van der Waals surface area (Å²) in [5.74, 6) is 1.02. The minimum atomic E-state index is 0.149. The average Bonchev–Trinajstić information content (AvgIpc) is 2.80. The topological polar surface area (TPSA) is 58.0 Å². The number of aliphatic hydroxyl groups excluding tert-OH is 1. The lowest BCUT2D eigenvalue weighted by Gasteiger charge is -2.19. The van der Waals surface area contributed by atoms with Crippen molar-refractivity contribution in [2.45, 2.75) is 18.4 Å². The Hall–Kier alpha value is -1.94. The molecule has 2 N–H and O–H groups in total. The number of aliphatic hydroxyl groups is 1. The highest BCUT2D eigenvalue weighted by atomic mass is 16.3. The Kier molecular flexibility index (Phi) is 2.94. The Morgan fingerprint density at radius 1 is 1.11 bits per heavy atom. The Bertz CT molecular complexity index is 530. The van der Waals surface area contributed by atoms with Crippen molar-refractivity contribution in [2.24, 2.45) is 0 Å². The molecule has 2 unspecified atom stereocenters. The van der Waals surface area contributed by atoms with E-state index < -0.39 is 0 Å². The molecule has 0 saturated heterocycles. The largest absolute Gasteiger partial charge is 0.396 e. The Balaban J connectivity index is 1.98. The lowest BCUT2D eigenvalue weighted by molar-refractivity contribution is 0.271. The van der Waals surface area contributed by atoms with E-state index in [0.29, 0.717) is 6.42 Å². The van der Waals surface area contributed by atoms with Crippen LogP contribution in [0.4, 0.5) is 5.82 Å². The van der Waals surface area contributed by atoms with Gasteiger partial charge in [-0.05, 0) is 12.0 Å². The molecule has 0 bridgehead atoms. The number of fused-ring (bicyclic) bond motifs is 1. The van der Waals surface area contributed by atoms with Gasteiger partial charge in [0.15, 0.2) is 0 Å². The van der Waals surface area contributed by atoms with Gasteiger partial charge in [0, 0.05) is 24.9 Å². The number of anilines is 1. The first-order chi connectivity index (χ1) is 8.90. The van der Waals surface area contributed by atoms with Crippen molar-refractivity contribution in [3.63, 3.8) is 0 Å². The molecule has 3 rings (SSSR count). The molecule has 2 heterocycles. The average molecular weight is 241 g/mol. The molecular formula is C14H15N3O. The molecule has 2 aromatic rings. The fourth-order valence-corrected chi connectivity index (χ4v) is 2.56. The zero-order chi connectivity index (χ0) is 12.4. The number of hydrogen-bond acceptors (Lipinski definition) is 4. The van der Waals surface area contributed by atoms with Gasteiger partial charge in [0.05, 0.1) is 11.7 Å². The molecule has 0 fully saturated rings. The fraction of sp³-hybridized carbons (Fsp3) is 0.286. The first-order valence-electron chi connectivity index (χ1n) is 6.13. The van der Waals surface area contributed by atoms with Crippen LogP contribution < -0.4 is 5.32 Å². The Labute approximate surface area is 106 Å². The van der Waals surface area contributed by atoms with E-state index in [1.54, 1.807) is 12.4 Å². The molecule has 1 aromatic heterocycles. The van der Waals surface area contributed by atoms with Crippen molar-refractivity contribution in [1.29, 1.82) is 0 Å². The van der Waals surface area contributed by atoms with Crippen LogP contribution in [-0.2, 0) is 0 Å². The predicted octanol–water partition coefficient (Wildman–Crippen LogP) is 2.11. The van der Waals surface area contributed by atoms with Crippen LogP contribution in [0.1, 0.15) is 29.6 Å². The second-order valence-corrected chi connectivity index (χ2v) is 4.44.